The third-order valence-electron chi connectivity index (χ3n) is 2.99. The van der Waals surface area contributed by atoms with E-state index in [1.807, 2.05) is 17.0 Å². The average Bonchev–Trinajstić information content (AvgIpc) is 2.35. The van der Waals surface area contributed by atoms with Crippen molar-refractivity contribution in [2.24, 2.45) is 5.73 Å². The molecule has 0 aliphatic heterocycles. The van der Waals surface area contributed by atoms with Crippen LogP contribution < -0.4 is 11.5 Å². The summed E-state index contributed by atoms with van der Waals surface area (Å²) in [7, 11) is 0. The van der Waals surface area contributed by atoms with E-state index in [9.17, 15) is 9.90 Å². The first-order chi connectivity index (χ1) is 9.04. The second-order valence-corrected chi connectivity index (χ2v) is 4.70. The number of carbonyl (C=O) groups excluding carboxylic acids is 1. The van der Waals surface area contributed by atoms with Gasteiger partial charge >= 0.3 is 0 Å². The number of primary amides is 1. The summed E-state index contributed by atoms with van der Waals surface area (Å²) >= 11 is 0. The van der Waals surface area contributed by atoms with E-state index in [2.05, 4.69) is 6.92 Å². The molecule has 1 aromatic rings. The molecule has 1 atom stereocenters. The lowest BCUT2D eigenvalue weighted by Crippen LogP contribution is -2.37. The van der Waals surface area contributed by atoms with E-state index >= 15 is 0 Å². The average molecular weight is 265 g/mol. The number of rotatable bonds is 8. The summed E-state index contributed by atoms with van der Waals surface area (Å²) in [6.07, 6.45) is 1.28. The lowest BCUT2D eigenvalue weighted by atomic mass is 10.1. The van der Waals surface area contributed by atoms with Gasteiger partial charge < -0.3 is 16.6 Å². The maximum Gasteiger partial charge on any atom is 0.231 e. The van der Waals surface area contributed by atoms with E-state index in [-0.39, 0.29) is 12.5 Å². The number of hydrogen-bond donors (Lipinski definition) is 3. The Bertz CT molecular complexity index is 409. The highest BCUT2D eigenvalue weighted by Crippen LogP contribution is 2.20. The quantitative estimate of drug-likeness (QED) is 0.609. The van der Waals surface area contributed by atoms with Gasteiger partial charge in [-0.2, -0.15) is 0 Å². The molecule has 0 saturated carbocycles. The number of benzene rings is 1. The number of nitrogen functional groups attached to an aromatic ring is 1. The fourth-order valence-corrected chi connectivity index (χ4v) is 1.99. The van der Waals surface area contributed by atoms with Crippen LogP contribution in [-0.4, -0.2) is 35.5 Å². The molecule has 19 heavy (non-hydrogen) atoms. The summed E-state index contributed by atoms with van der Waals surface area (Å²) in [5.41, 5.74) is 12.3. The van der Waals surface area contributed by atoms with Gasteiger partial charge in [-0.15, -0.1) is 0 Å². The lowest BCUT2D eigenvalue weighted by molar-refractivity contribution is -0.119. The van der Waals surface area contributed by atoms with Gasteiger partial charge in [-0.05, 0) is 19.0 Å². The Kier molecular flexibility index (Phi) is 6.32. The third-order valence-corrected chi connectivity index (χ3v) is 2.99. The van der Waals surface area contributed by atoms with Crippen LogP contribution in [0.1, 0.15) is 31.4 Å². The summed E-state index contributed by atoms with van der Waals surface area (Å²) in [5, 5.41) is 10.2. The highest BCUT2D eigenvalue weighted by Gasteiger charge is 2.16. The molecule has 1 aromatic carbocycles. The van der Waals surface area contributed by atoms with Gasteiger partial charge in [0, 0.05) is 17.8 Å². The Hall–Kier alpha value is -1.59. The second-order valence-electron chi connectivity index (χ2n) is 4.70. The Morgan fingerprint density at radius 1 is 1.42 bits per heavy atom. The van der Waals surface area contributed by atoms with E-state index in [1.165, 1.54) is 0 Å². The van der Waals surface area contributed by atoms with Crippen molar-refractivity contribution in [2.45, 2.75) is 25.9 Å². The molecule has 0 spiro atoms. The zero-order valence-corrected chi connectivity index (χ0v) is 11.4. The van der Waals surface area contributed by atoms with Gasteiger partial charge in [-0.3, -0.25) is 9.69 Å². The minimum Gasteiger partial charge on any atom is -0.398 e. The van der Waals surface area contributed by atoms with E-state index in [4.69, 9.17) is 11.5 Å². The van der Waals surface area contributed by atoms with Crippen molar-refractivity contribution in [1.82, 2.24) is 4.90 Å². The molecule has 1 rings (SSSR count). The van der Waals surface area contributed by atoms with Crippen molar-refractivity contribution in [1.29, 1.82) is 0 Å². The van der Waals surface area contributed by atoms with E-state index < -0.39 is 6.10 Å². The topological polar surface area (TPSA) is 92.6 Å². The first-order valence-electron chi connectivity index (χ1n) is 6.57. The van der Waals surface area contributed by atoms with Gasteiger partial charge in [-0.25, -0.2) is 0 Å². The van der Waals surface area contributed by atoms with Crippen molar-refractivity contribution in [3.63, 3.8) is 0 Å². The minimum absolute atomic E-state index is 0.157. The molecule has 1 unspecified atom stereocenters. The van der Waals surface area contributed by atoms with Crippen LogP contribution >= 0.6 is 0 Å². The van der Waals surface area contributed by atoms with Crippen LogP contribution in [-0.2, 0) is 4.79 Å². The van der Waals surface area contributed by atoms with Gasteiger partial charge in [0.2, 0.25) is 5.91 Å². The zero-order chi connectivity index (χ0) is 14.3. The van der Waals surface area contributed by atoms with E-state index in [0.717, 1.165) is 19.4 Å². The number of amides is 1. The molecular weight excluding hydrogens is 242 g/mol. The maximum absolute atomic E-state index is 11.0. The van der Waals surface area contributed by atoms with Crippen molar-refractivity contribution in [2.75, 3.05) is 25.4 Å². The predicted octanol–water partition coefficient (Wildman–Crippen LogP) is 0.890. The molecule has 0 heterocycles. The smallest absolute Gasteiger partial charge is 0.231 e. The summed E-state index contributed by atoms with van der Waals surface area (Å²) < 4.78 is 0. The molecule has 0 saturated heterocycles. The number of aliphatic hydroxyl groups excluding tert-OH is 1. The van der Waals surface area contributed by atoms with Gasteiger partial charge in [0.05, 0.1) is 12.6 Å². The molecule has 0 bridgehead atoms. The number of nitrogens with zero attached hydrogens (tertiary/aromatic N) is 1. The number of nitrogens with two attached hydrogens (primary N) is 2. The normalized spacial score (nSPS) is 12.6. The Labute approximate surface area is 114 Å². The van der Waals surface area contributed by atoms with Crippen molar-refractivity contribution in [3.05, 3.63) is 29.8 Å². The molecule has 5 heteroatoms. The number of aliphatic hydroxyl groups is 1. The van der Waals surface area contributed by atoms with Crippen LogP contribution in [0.4, 0.5) is 5.69 Å². The van der Waals surface area contributed by atoms with Crippen LogP contribution in [0.5, 0.6) is 0 Å². The van der Waals surface area contributed by atoms with Crippen molar-refractivity contribution < 1.29 is 9.90 Å². The van der Waals surface area contributed by atoms with Crippen LogP contribution in [0.25, 0.3) is 0 Å². The molecule has 5 N–H and O–H groups in total. The first-order valence-corrected chi connectivity index (χ1v) is 6.57. The largest absolute Gasteiger partial charge is 0.398 e. The van der Waals surface area contributed by atoms with Crippen LogP contribution in [0.3, 0.4) is 0 Å². The fourth-order valence-electron chi connectivity index (χ4n) is 1.99. The Morgan fingerprint density at radius 2 is 2.11 bits per heavy atom. The van der Waals surface area contributed by atoms with Gasteiger partial charge in [0.15, 0.2) is 0 Å². The summed E-state index contributed by atoms with van der Waals surface area (Å²) in [5.74, 6) is -0.385. The summed E-state index contributed by atoms with van der Waals surface area (Å²) in [6.45, 7) is 3.33. The molecule has 0 aliphatic rings. The van der Waals surface area contributed by atoms with Crippen molar-refractivity contribution in [3.8, 4) is 0 Å². The van der Waals surface area contributed by atoms with Gasteiger partial charge in [-0.1, -0.05) is 31.5 Å². The molecule has 0 aliphatic carbocycles. The highest BCUT2D eigenvalue weighted by molar-refractivity contribution is 5.75. The minimum atomic E-state index is -0.711. The monoisotopic (exact) mass is 265 g/mol. The number of anilines is 1. The number of para-hydroxylation sites is 1. The molecule has 1 amide bonds. The fraction of sp³-hybridized carbons (Fsp3) is 0.500. The van der Waals surface area contributed by atoms with Crippen LogP contribution in [0.2, 0.25) is 0 Å². The Balaban J connectivity index is 2.66. The standard InChI is InChI=1S/C14H23N3O2/c1-2-3-8-17(10-14(16)19)9-13(18)11-6-4-5-7-12(11)15/h4-7,13,18H,2-3,8-10,15H2,1H3,(H2,16,19). The summed E-state index contributed by atoms with van der Waals surface area (Å²) in [4.78, 5) is 12.9. The number of carbonyl (C=O) groups is 1. The molecular formula is C14H23N3O2. The van der Waals surface area contributed by atoms with Crippen molar-refractivity contribution >= 4 is 11.6 Å². The van der Waals surface area contributed by atoms with Crippen LogP contribution in [0, 0.1) is 0 Å². The number of hydrogen-bond acceptors (Lipinski definition) is 4. The molecule has 0 fully saturated rings. The first kappa shape index (κ1) is 15.5. The van der Waals surface area contributed by atoms with Crippen LogP contribution in [0.15, 0.2) is 24.3 Å². The molecule has 106 valence electrons. The number of unbranched alkanes of at least 4 members (excludes halogenated alkanes) is 1. The van der Waals surface area contributed by atoms with E-state index in [1.54, 1.807) is 12.1 Å². The molecule has 0 radical (unpaired) electrons. The van der Waals surface area contributed by atoms with Gasteiger partial charge in [0.25, 0.3) is 0 Å². The van der Waals surface area contributed by atoms with Gasteiger partial charge in [0.1, 0.15) is 0 Å². The Morgan fingerprint density at radius 3 is 2.68 bits per heavy atom. The molecule has 5 nitrogen and oxygen atoms in total. The third kappa shape index (κ3) is 5.28. The highest BCUT2D eigenvalue weighted by atomic mass is 16.3. The predicted molar refractivity (Wildman–Crippen MR) is 76.4 cm³/mol. The molecule has 0 aromatic heterocycles. The zero-order valence-electron chi connectivity index (χ0n) is 11.4. The lowest BCUT2D eigenvalue weighted by Gasteiger charge is -2.24. The SMILES string of the molecule is CCCCN(CC(N)=O)CC(O)c1ccccc1N. The maximum atomic E-state index is 11.0. The van der Waals surface area contributed by atoms with E-state index in [0.29, 0.717) is 17.8 Å². The second kappa shape index (κ2) is 7.76. The summed E-state index contributed by atoms with van der Waals surface area (Å²) in [6, 6.07) is 7.20.